The number of hydrogen-bond acceptors (Lipinski definition) is 6. The molecule has 34 heavy (non-hydrogen) atoms. The Hall–Kier alpha value is -3.56. The molecule has 2 aromatic rings. The second-order valence-electron chi connectivity index (χ2n) is 7.76. The van der Waals surface area contributed by atoms with E-state index in [0.717, 1.165) is 11.1 Å². The molecular formula is C24H27F3N4O3. The summed E-state index contributed by atoms with van der Waals surface area (Å²) in [6, 6.07) is 4.66. The Bertz CT molecular complexity index is 1100. The van der Waals surface area contributed by atoms with Crippen molar-refractivity contribution in [1.29, 1.82) is 0 Å². The molecule has 1 aliphatic rings. The average molecular weight is 476 g/mol. The molecule has 0 aliphatic carbocycles. The number of rotatable bonds is 9. The summed E-state index contributed by atoms with van der Waals surface area (Å²) in [5.74, 6) is 0.472. The lowest BCUT2D eigenvalue weighted by molar-refractivity contribution is -0.136. The standard InChI is InChI=1S/C24H27F3N4O3/c1-6-8-17(13-30(7-2)14-24(25,26)27)31-15(3)21-18(23(31)32)9-10-19(29-21)16-11-20(33-4)22(34-5)28-12-16/h7,9-13,15H,2,6,8,14H2,1,3-5H3/b17-13+/t15-/m1/s1. The molecule has 3 heterocycles. The molecule has 0 radical (unpaired) electrons. The van der Waals surface area contributed by atoms with Gasteiger partial charge in [-0.2, -0.15) is 13.2 Å². The Morgan fingerprint density at radius 2 is 2.03 bits per heavy atom. The maximum Gasteiger partial charge on any atom is 0.406 e. The Kier molecular flexibility index (Phi) is 7.48. The molecule has 0 spiro atoms. The van der Waals surface area contributed by atoms with Crippen molar-refractivity contribution in [3.8, 4) is 22.9 Å². The van der Waals surface area contributed by atoms with Crippen molar-refractivity contribution < 1.29 is 27.4 Å². The van der Waals surface area contributed by atoms with Gasteiger partial charge in [0.2, 0.25) is 0 Å². The number of amides is 1. The normalized spacial score (nSPS) is 15.9. The van der Waals surface area contributed by atoms with Crippen LogP contribution < -0.4 is 9.47 Å². The zero-order valence-electron chi connectivity index (χ0n) is 19.5. The third-order valence-corrected chi connectivity index (χ3v) is 5.41. The van der Waals surface area contributed by atoms with E-state index in [1.165, 1.54) is 25.3 Å². The Morgan fingerprint density at radius 3 is 2.62 bits per heavy atom. The van der Waals surface area contributed by atoms with Gasteiger partial charge in [-0.15, -0.1) is 0 Å². The monoisotopic (exact) mass is 476 g/mol. The van der Waals surface area contributed by atoms with Crippen molar-refractivity contribution in [2.75, 3.05) is 20.8 Å². The number of fused-ring (bicyclic) bond motifs is 1. The number of halogens is 3. The van der Waals surface area contributed by atoms with Gasteiger partial charge in [0.05, 0.1) is 37.2 Å². The van der Waals surface area contributed by atoms with Gasteiger partial charge in [-0.1, -0.05) is 19.9 Å². The van der Waals surface area contributed by atoms with Crippen LogP contribution in [0.5, 0.6) is 11.6 Å². The molecule has 182 valence electrons. The van der Waals surface area contributed by atoms with E-state index in [1.807, 2.05) is 6.92 Å². The number of allylic oxidation sites excluding steroid dienone is 1. The van der Waals surface area contributed by atoms with Crippen molar-refractivity contribution in [3.05, 3.63) is 60.3 Å². The fourth-order valence-corrected chi connectivity index (χ4v) is 3.88. The summed E-state index contributed by atoms with van der Waals surface area (Å²) in [5.41, 5.74) is 2.68. The molecule has 2 aromatic heterocycles. The molecule has 10 heteroatoms. The third kappa shape index (κ3) is 5.16. The minimum atomic E-state index is -4.41. The topological polar surface area (TPSA) is 67.8 Å². The minimum absolute atomic E-state index is 0.303. The minimum Gasteiger partial charge on any atom is -0.491 e. The van der Waals surface area contributed by atoms with Crippen LogP contribution in [0, 0.1) is 0 Å². The van der Waals surface area contributed by atoms with E-state index in [2.05, 4.69) is 11.6 Å². The van der Waals surface area contributed by atoms with Crippen LogP contribution in [0.3, 0.4) is 0 Å². The largest absolute Gasteiger partial charge is 0.491 e. The lowest BCUT2D eigenvalue weighted by Crippen LogP contribution is -2.31. The SMILES string of the molecule is C=CN(/C=C(\CCC)N1C(=O)c2ccc(-c3cnc(OC)c(OC)c3)nc2[C@H]1C)CC(F)(F)F. The van der Waals surface area contributed by atoms with Gasteiger partial charge >= 0.3 is 6.18 Å². The number of alkyl halides is 3. The zero-order valence-corrected chi connectivity index (χ0v) is 19.5. The second-order valence-corrected chi connectivity index (χ2v) is 7.76. The summed E-state index contributed by atoms with van der Waals surface area (Å²) in [6.45, 7) is 5.98. The van der Waals surface area contributed by atoms with Crippen molar-refractivity contribution in [2.45, 2.75) is 38.9 Å². The van der Waals surface area contributed by atoms with Crippen LogP contribution >= 0.6 is 0 Å². The summed E-state index contributed by atoms with van der Waals surface area (Å²) in [7, 11) is 2.99. The first kappa shape index (κ1) is 25.1. The van der Waals surface area contributed by atoms with Gasteiger partial charge in [-0.3, -0.25) is 4.79 Å². The van der Waals surface area contributed by atoms with E-state index in [1.54, 1.807) is 31.3 Å². The van der Waals surface area contributed by atoms with E-state index >= 15 is 0 Å². The first-order valence-corrected chi connectivity index (χ1v) is 10.7. The highest BCUT2D eigenvalue weighted by Crippen LogP contribution is 2.38. The fraction of sp³-hybridized carbons (Fsp3) is 0.375. The van der Waals surface area contributed by atoms with Crippen LogP contribution in [0.4, 0.5) is 13.2 Å². The third-order valence-electron chi connectivity index (χ3n) is 5.41. The number of methoxy groups -OCH3 is 2. The number of hydrogen-bond donors (Lipinski definition) is 0. The maximum atomic E-state index is 13.2. The first-order chi connectivity index (χ1) is 16.1. The number of ether oxygens (including phenoxy) is 2. The molecule has 0 N–H and O–H groups in total. The lowest BCUT2D eigenvalue weighted by Gasteiger charge is -2.27. The lowest BCUT2D eigenvalue weighted by atomic mass is 10.1. The van der Waals surface area contributed by atoms with E-state index in [0.29, 0.717) is 52.7 Å². The summed E-state index contributed by atoms with van der Waals surface area (Å²) in [6.07, 6.45) is 0.683. The van der Waals surface area contributed by atoms with Gasteiger partial charge in [0, 0.05) is 23.7 Å². The maximum absolute atomic E-state index is 13.2. The molecule has 0 saturated heterocycles. The van der Waals surface area contributed by atoms with Crippen LogP contribution in [0.15, 0.2) is 49.1 Å². The average Bonchev–Trinajstić information content (AvgIpc) is 3.06. The van der Waals surface area contributed by atoms with Crippen LogP contribution in [-0.4, -0.2) is 52.6 Å². The summed E-state index contributed by atoms with van der Waals surface area (Å²) in [4.78, 5) is 24.6. The fourth-order valence-electron chi connectivity index (χ4n) is 3.88. The first-order valence-electron chi connectivity index (χ1n) is 10.7. The summed E-state index contributed by atoms with van der Waals surface area (Å²) in [5, 5.41) is 0. The highest BCUT2D eigenvalue weighted by molar-refractivity contribution is 6.00. The summed E-state index contributed by atoms with van der Waals surface area (Å²) >= 11 is 0. The van der Waals surface area contributed by atoms with E-state index in [-0.39, 0.29) is 5.91 Å². The smallest absolute Gasteiger partial charge is 0.406 e. The molecule has 0 saturated carbocycles. The highest BCUT2D eigenvalue weighted by Gasteiger charge is 2.38. The predicted molar refractivity (Wildman–Crippen MR) is 121 cm³/mol. The van der Waals surface area contributed by atoms with Crippen molar-refractivity contribution in [2.24, 2.45) is 0 Å². The summed E-state index contributed by atoms with van der Waals surface area (Å²) < 4.78 is 49.3. The molecule has 0 aromatic carbocycles. The van der Waals surface area contributed by atoms with Gasteiger partial charge in [-0.25, -0.2) is 9.97 Å². The van der Waals surface area contributed by atoms with Crippen molar-refractivity contribution in [3.63, 3.8) is 0 Å². The molecule has 1 aliphatic heterocycles. The molecule has 7 nitrogen and oxygen atoms in total. The quantitative estimate of drug-likeness (QED) is 0.488. The molecular weight excluding hydrogens is 449 g/mol. The number of carbonyl (C=O) groups is 1. The number of aromatic nitrogens is 2. The highest BCUT2D eigenvalue weighted by atomic mass is 19.4. The number of pyridine rings is 2. The second kappa shape index (κ2) is 10.1. The molecule has 1 atom stereocenters. The number of nitrogens with zero attached hydrogens (tertiary/aromatic N) is 4. The van der Waals surface area contributed by atoms with Gasteiger partial charge in [0.25, 0.3) is 11.8 Å². The Morgan fingerprint density at radius 1 is 1.29 bits per heavy atom. The zero-order chi connectivity index (χ0) is 25.0. The van der Waals surface area contributed by atoms with Gasteiger partial charge in [0.15, 0.2) is 5.75 Å². The van der Waals surface area contributed by atoms with Crippen LogP contribution in [-0.2, 0) is 0 Å². The predicted octanol–water partition coefficient (Wildman–Crippen LogP) is 5.33. The van der Waals surface area contributed by atoms with Gasteiger partial charge in [0.1, 0.15) is 6.54 Å². The van der Waals surface area contributed by atoms with E-state index in [9.17, 15) is 18.0 Å². The molecule has 0 fully saturated rings. The van der Waals surface area contributed by atoms with E-state index in [4.69, 9.17) is 14.5 Å². The molecule has 0 bridgehead atoms. The van der Waals surface area contributed by atoms with Crippen LogP contribution in [0.25, 0.3) is 11.3 Å². The van der Waals surface area contributed by atoms with Crippen molar-refractivity contribution >= 4 is 5.91 Å². The van der Waals surface area contributed by atoms with Crippen LogP contribution in [0.1, 0.15) is 48.8 Å². The molecule has 1 amide bonds. The Labute approximate surface area is 196 Å². The van der Waals surface area contributed by atoms with Gasteiger partial charge in [-0.05, 0) is 37.7 Å². The van der Waals surface area contributed by atoms with Crippen molar-refractivity contribution in [1.82, 2.24) is 19.8 Å². The van der Waals surface area contributed by atoms with Crippen LogP contribution in [0.2, 0.25) is 0 Å². The number of carbonyl (C=O) groups excluding carboxylic acids is 1. The van der Waals surface area contributed by atoms with Gasteiger partial charge < -0.3 is 19.3 Å². The van der Waals surface area contributed by atoms with E-state index < -0.39 is 18.8 Å². The molecule has 0 unspecified atom stereocenters. The molecule has 3 rings (SSSR count). The Balaban J connectivity index is 1.98.